The number of anilines is 1. The van der Waals surface area contributed by atoms with E-state index in [-0.39, 0.29) is 5.78 Å². The second-order valence-corrected chi connectivity index (χ2v) is 4.63. The highest BCUT2D eigenvalue weighted by Crippen LogP contribution is 2.25. The van der Waals surface area contributed by atoms with E-state index in [1.54, 1.807) is 44.6 Å². The van der Waals surface area contributed by atoms with Crippen molar-refractivity contribution in [2.24, 2.45) is 0 Å². The second kappa shape index (κ2) is 7.31. The van der Waals surface area contributed by atoms with Gasteiger partial charge in [-0.15, -0.1) is 0 Å². The van der Waals surface area contributed by atoms with Crippen molar-refractivity contribution in [3.05, 3.63) is 59.7 Å². The third-order valence-electron chi connectivity index (χ3n) is 3.31. The number of allylic oxidation sites excluding steroid dienone is 1. The fourth-order valence-corrected chi connectivity index (χ4v) is 2.02. The molecule has 1 N–H and O–H groups in total. The first-order valence-electron chi connectivity index (χ1n) is 6.90. The Morgan fingerprint density at radius 3 is 2.36 bits per heavy atom. The minimum absolute atomic E-state index is 0.0551. The fourth-order valence-electron chi connectivity index (χ4n) is 2.02. The first-order chi connectivity index (χ1) is 10.7. The van der Waals surface area contributed by atoms with Crippen molar-refractivity contribution in [1.29, 1.82) is 0 Å². The number of rotatable bonds is 6. The summed E-state index contributed by atoms with van der Waals surface area (Å²) in [6.45, 7) is 0. The van der Waals surface area contributed by atoms with E-state index in [9.17, 15) is 4.79 Å². The van der Waals surface area contributed by atoms with Crippen molar-refractivity contribution in [3.63, 3.8) is 0 Å². The maximum absolute atomic E-state index is 12.2. The number of nitrogens with one attached hydrogen (secondary N) is 1. The van der Waals surface area contributed by atoms with Gasteiger partial charge in [0.25, 0.3) is 0 Å². The van der Waals surface area contributed by atoms with Gasteiger partial charge in [0.2, 0.25) is 0 Å². The number of hydrogen-bond donors (Lipinski definition) is 1. The molecule has 0 bridgehead atoms. The number of benzene rings is 2. The van der Waals surface area contributed by atoms with Gasteiger partial charge in [-0.25, -0.2) is 0 Å². The van der Waals surface area contributed by atoms with E-state index in [0.717, 1.165) is 11.3 Å². The summed E-state index contributed by atoms with van der Waals surface area (Å²) in [7, 11) is 5.03. The Morgan fingerprint density at radius 1 is 1.05 bits per heavy atom. The molecule has 0 unspecified atom stereocenters. The summed E-state index contributed by atoms with van der Waals surface area (Å²) in [5.74, 6) is 1.32. The summed E-state index contributed by atoms with van der Waals surface area (Å²) in [4.78, 5) is 12.2. The topological polar surface area (TPSA) is 47.6 Å². The number of ketones is 1. The molecule has 0 fully saturated rings. The molecule has 4 heteroatoms. The molecule has 0 saturated heterocycles. The molecule has 0 saturated carbocycles. The van der Waals surface area contributed by atoms with Crippen molar-refractivity contribution < 1.29 is 14.3 Å². The van der Waals surface area contributed by atoms with Crippen LogP contribution in [0.2, 0.25) is 0 Å². The van der Waals surface area contributed by atoms with Crippen LogP contribution < -0.4 is 14.8 Å². The minimum Gasteiger partial charge on any atom is -0.497 e. The zero-order valence-corrected chi connectivity index (χ0v) is 12.9. The molecule has 0 heterocycles. The number of hydrogen-bond acceptors (Lipinski definition) is 4. The van der Waals surface area contributed by atoms with Gasteiger partial charge in [0.15, 0.2) is 5.78 Å². The molecule has 2 aromatic rings. The Hall–Kier alpha value is -2.75. The van der Waals surface area contributed by atoms with Crippen LogP contribution >= 0.6 is 0 Å². The summed E-state index contributed by atoms with van der Waals surface area (Å²) in [6.07, 6.45) is 3.28. The van der Waals surface area contributed by atoms with Crippen LogP contribution in [0.3, 0.4) is 0 Å². The third kappa shape index (κ3) is 3.67. The standard InChI is InChI=1S/C18H19NO3/c1-19-15-8-4-13(5-9-15)17(20)11-7-14-6-10-16(21-2)12-18(14)22-3/h4-12,19H,1-3H3. The van der Waals surface area contributed by atoms with Crippen LogP contribution in [-0.2, 0) is 0 Å². The lowest BCUT2D eigenvalue weighted by Crippen LogP contribution is -1.95. The average molecular weight is 297 g/mol. The Labute approximate surface area is 130 Å². The molecule has 0 aliphatic heterocycles. The molecule has 2 aromatic carbocycles. The van der Waals surface area contributed by atoms with Crippen LogP contribution in [0.4, 0.5) is 5.69 Å². The molecule has 0 spiro atoms. The smallest absolute Gasteiger partial charge is 0.185 e. The first-order valence-corrected chi connectivity index (χ1v) is 6.90. The molecule has 0 aromatic heterocycles. The molecular weight excluding hydrogens is 278 g/mol. The van der Waals surface area contributed by atoms with Gasteiger partial charge in [0.05, 0.1) is 14.2 Å². The molecule has 4 nitrogen and oxygen atoms in total. The molecule has 0 atom stereocenters. The van der Waals surface area contributed by atoms with Gasteiger partial charge in [-0.05, 0) is 48.6 Å². The Morgan fingerprint density at radius 2 is 1.77 bits per heavy atom. The number of carbonyl (C=O) groups is 1. The molecule has 22 heavy (non-hydrogen) atoms. The van der Waals surface area contributed by atoms with Gasteiger partial charge in [-0.1, -0.05) is 0 Å². The van der Waals surface area contributed by atoms with Crippen molar-refractivity contribution in [3.8, 4) is 11.5 Å². The lowest BCUT2D eigenvalue weighted by molar-refractivity contribution is 0.104. The molecule has 0 aliphatic rings. The number of ether oxygens (including phenoxy) is 2. The molecule has 0 amide bonds. The Bertz CT molecular complexity index is 675. The first kappa shape index (κ1) is 15.6. The van der Waals surface area contributed by atoms with E-state index in [1.807, 2.05) is 31.3 Å². The van der Waals surface area contributed by atoms with E-state index in [4.69, 9.17) is 9.47 Å². The molecular formula is C18H19NO3. The van der Waals surface area contributed by atoms with Crippen molar-refractivity contribution in [1.82, 2.24) is 0 Å². The van der Waals surface area contributed by atoms with Crippen molar-refractivity contribution in [2.45, 2.75) is 0 Å². The van der Waals surface area contributed by atoms with Crippen LogP contribution in [0.15, 0.2) is 48.5 Å². The van der Waals surface area contributed by atoms with E-state index in [1.165, 1.54) is 0 Å². The van der Waals surface area contributed by atoms with Crippen molar-refractivity contribution in [2.75, 3.05) is 26.6 Å². The van der Waals surface area contributed by atoms with Crippen LogP contribution in [0.1, 0.15) is 15.9 Å². The van der Waals surface area contributed by atoms with E-state index < -0.39 is 0 Å². The lowest BCUT2D eigenvalue weighted by atomic mass is 10.1. The average Bonchev–Trinajstić information content (AvgIpc) is 2.59. The maximum Gasteiger partial charge on any atom is 0.185 e. The largest absolute Gasteiger partial charge is 0.497 e. The summed E-state index contributed by atoms with van der Waals surface area (Å²) in [5, 5.41) is 3.02. The van der Waals surface area contributed by atoms with Gasteiger partial charge in [-0.2, -0.15) is 0 Å². The highest BCUT2D eigenvalue weighted by Gasteiger charge is 2.05. The summed E-state index contributed by atoms with van der Waals surface area (Å²) >= 11 is 0. The predicted molar refractivity (Wildman–Crippen MR) is 88.9 cm³/mol. The van der Waals surface area contributed by atoms with Gasteiger partial charge >= 0.3 is 0 Å². The second-order valence-electron chi connectivity index (χ2n) is 4.63. The van der Waals surface area contributed by atoms with Gasteiger partial charge in [-0.3, -0.25) is 4.79 Å². The van der Waals surface area contributed by atoms with E-state index in [0.29, 0.717) is 17.1 Å². The van der Waals surface area contributed by atoms with Gasteiger partial charge < -0.3 is 14.8 Å². The van der Waals surface area contributed by atoms with Crippen LogP contribution in [0, 0.1) is 0 Å². The van der Waals surface area contributed by atoms with Crippen LogP contribution in [-0.4, -0.2) is 27.1 Å². The maximum atomic E-state index is 12.2. The molecule has 2 rings (SSSR count). The van der Waals surface area contributed by atoms with E-state index >= 15 is 0 Å². The number of carbonyl (C=O) groups excluding carboxylic acids is 1. The summed E-state index contributed by atoms with van der Waals surface area (Å²) in [5.41, 5.74) is 2.43. The fraction of sp³-hybridized carbons (Fsp3) is 0.167. The van der Waals surface area contributed by atoms with Crippen molar-refractivity contribution >= 4 is 17.5 Å². The minimum atomic E-state index is -0.0551. The summed E-state index contributed by atoms with van der Waals surface area (Å²) in [6, 6.07) is 12.8. The molecule has 0 radical (unpaired) electrons. The quantitative estimate of drug-likeness (QED) is 0.653. The zero-order chi connectivity index (χ0) is 15.9. The molecule has 0 aliphatic carbocycles. The highest BCUT2D eigenvalue weighted by atomic mass is 16.5. The zero-order valence-electron chi connectivity index (χ0n) is 12.9. The monoisotopic (exact) mass is 297 g/mol. The van der Waals surface area contributed by atoms with E-state index in [2.05, 4.69) is 5.32 Å². The van der Waals surface area contributed by atoms with Gasteiger partial charge in [0, 0.05) is 29.9 Å². The number of methoxy groups -OCH3 is 2. The SMILES string of the molecule is CNc1ccc(C(=O)C=Cc2ccc(OC)cc2OC)cc1. The normalized spacial score (nSPS) is 10.5. The summed E-state index contributed by atoms with van der Waals surface area (Å²) < 4.78 is 10.5. The molecule has 114 valence electrons. The third-order valence-corrected chi connectivity index (χ3v) is 3.31. The van der Waals surface area contributed by atoms with Gasteiger partial charge in [0.1, 0.15) is 11.5 Å². The Balaban J connectivity index is 2.18. The lowest BCUT2D eigenvalue weighted by Gasteiger charge is -2.07. The highest BCUT2D eigenvalue weighted by molar-refractivity contribution is 6.07. The van der Waals surface area contributed by atoms with Crippen LogP contribution in [0.5, 0.6) is 11.5 Å². The predicted octanol–water partition coefficient (Wildman–Crippen LogP) is 3.64. The van der Waals surface area contributed by atoms with Crippen LogP contribution in [0.25, 0.3) is 6.08 Å². The Kier molecular flexibility index (Phi) is 5.20.